The Labute approximate surface area is 97.7 Å². The van der Waals surface area contributed by atoms with E-state index in [-0.39, 0.29) is 6.04 Å². The van der Waals surface area contributed by atoms with Crippen molar-refractivity contribution in [3.8, 4) is 5.75 Å². The average Bonchev–Trinajstić information content (AvgIpc) is 2.99. The van der Waals surface area contributed by atoms with Crippen LogP contribution in [-0.2, 0) is 0 Å². The first-order valence-electron chi connectivity index (χ1n) is 6.13. The maximum atomic E-state index is 9.89. The largest absolute Gasteiger partial charge is 0.508 e. The van der Waals surface area contributed by atoms with Crippen LogP contribution in [0.25, 0.3) is 0 Å². The molecule has 2 atom stereocenters. The van der Waals surface area contributed by atoms with Crippen molar-refractivity contribution in [3.05, 3.63) is 29.3 Å². The van der Waals surface area contributed by atoms with Crippen LogP contribution in [0.3, 0.4) is 0 Å². The summed E-state index contributed by atoms with van der Waals surface area (Å²) in [7, 11) is 0. The topological polar surface area (TPSA) is 32.3 Å². The second kappa shape index (κ2) is 4.46. The number of benzene rings is 1. The Morgan fingerprint density at radius 3 is 2.56 bits per heavy atom. The first-order chi connectivity index (χ1) is 7.58. The molecular weight excluding hydrogens is 198 g/mol. The molecule has 1 aromatic rings. The first-order valence-corrected chi connectivity index (χ1v) is 6.13. The van der Waals surface area contributed by atoms with Gasteiger partial charge in [0.2, 0.25) is 0 Å². The molecule has 1 saturated carbocycles. The smallest absolute Gasteiger partial charge is 0.120 e. The molecule has 1 aromatic carbocycles. The third-order valence-corrected chi connectivity index (χ3v) is 3.49. The summed E-state index contributed by atoms with van der Waals surface area (Å²) in [5, 5.41) is 13.4. The van der Waals surface area contributed by atoms with Crippen molar-refractivity contribution in [2.24, 2.45) is 5.92 Å². The molecule has 16 heavy (non-hydrogen) atoms. The summed E-state index contributed by atoms with van der Waals surface area (Å²) in [6.07, 6.45) is 2.70. The highest BCUT2D eigenvalue weighted by Gasteiger charge is 2.28. The van der Waals surface area contributed by atoms with Crippen molar-refractivity contribution in [1.29, 1.82) is 0 Å². The van der Waals surface area contributed by atoms with E-state index in [1.807, 2.05) is 19.1 Å². The molecule has 1 aliphatic rings. The molecule has 0 saturated heterocycles. The molecule has 0 bridgehead atoms. The zero-order valence-electron chi connectivity index (χ0n) is 10.3. The van der Waals surface area contributed by atoms with Crippen LogP contribution in [-0.4, -0.2) is 11.1 Å². The summed E-state index contributed by atoms with van der Waals surface area (Å²) in [6.45, 7) is 6.34. The molecule has 0 heterocycles. The van der Waals surface area contributed by atoms with E-state index in [4.69, 9.17) is 0 Å². The van der Waals surface area contributed by atoms with Crippen LogP contribution in [0.15, 0.2) is 18.2 Å². The van der Waals surface area contributed by atoms with Gasteiger partial charge in [0.15, 0.2) is 0 Å². The Morgan fingerprint density at radius 1 is 1.31 bits per heavy atom. The van der Waals surface area contributed by atoms with E-state index in [1.165, 1.54) is 12.8 Å². The predicted molar refractivity (Wildman–Crippen MR) is 66.6 cm³/mol. The molecule has 0 aliphatic heterocycles. The minimum atomic E-state index is 0.219. The van der Waals surface area contributed by atoms with Gasteiger partial charge in [-0.05, 0) is 51.2 Å². The van der Waals surface area contributed by atoms with Crippen molar-refractivity contribution in [1.82, 2.24) is 5.32 Å². The van der Waals surface area contributed by atoms with E-state index >= 15 is 0 Å². The lowest BCUT2D eigenvalue weighted by atomic mass is 10.0. The van der Waals surface area contributed by atoms with Gasteiger partial charge in [0.05, 0.1) is 0 Å². The second-order valence-electron chi connectivity index (χ2n) is 5.08. The minimum absolute atomic E-state index is 0.219. The van der Waals surface area contributed by atoms with Gasteiger partial charge in [-0.15, -0.1) is 0 Å². The summed E-state index contributed by atoms with van der Waals surface area (Å²) < 4.78 is 0. The lowest BCUT2D eigenvalue weighted by Gasteiger charge is -2.21. The van der Waals surface area contributed by atoms with Crippen LogP contribution >= 0.6 is 0 Å². The van der Waals surface area contributed by atoms with Gasteiger partial charge < -0.3 is 10.4 Å². The summed E-state index contributed by atoms with van der Waals surface area (Å²) in [4.78, 5) is 0. The maximum absolute atomic E-state index is 9.89. The first kappa shape index (κ1) is 11.5. The fourth-order valence-electron chi connectivity index (χ4n) is 2.24. The van der Waals surface area contributed by atoms with Crippen LogP contribution in [0.1, 0.15) is 43.9 Å². The van der Waals surface area contributed by atoms with Crippen LogP contribution < -0.4 is 5.32 Å². The van der Waals surface area contributed by atoms with E-state index in [0.717, 1.165) is 17.0 Å². The Morgan fingerprint density at radius 2 is 2.00 bits per heavy atom. The third kappa shape index (κ3) is 2.56. The van der Waals surface area contributed by atoms with Gasteiger partial charge in [0, 0.05) is 17.6 Å². The summed E-state index contributed by atoms with van der Waals surface area (Å²) in [5.74, 6) is 1.25. The fourth-order valence-corrected chi connectivity index (χ4v) is 2.24. The zero-order valence-corrected chi connectivity index (χ0v) is 10.3. The molecule has 1 fully saturated rings. The van der Waals surface area contributed by atoms with Gasteiger partial charge in [-0.25, -0.2) is 0 Å². The monoisotopic (exact) mass is 219 g/mol. The summed E-state index contributed by atoms with van der Waals surface area (Å²) >= 11 is 0. The van der Waals surface area contributed by atoms with E-state index in [9.17, 15) is 5.11 Å². The van der Waals surface area contributed by atoms with Crippen LogP contribution in [0.2, 0.25) is 0 Å². The quantitative estimate of drug-likeness (QED) is 0.815. The van der Waals surface area contributed by atoms with Crippen molar-refractivity contribution >= 4 is 0 Å². The second-order valence-corrected chi connectivity index (χ2v) is 5.08. The molecule has 0 aromatic heterocycles. The van der Waals surface area contributed by atoms with E-state index in [0.29, 0.717) is 11.8 Å². The highest BCUT2D eigenvalue weighted by Crippen LogP contribution is 2.34. The summed E-state index contributed by atoms with van der Waals surface area (Å²) in [5.41, 5.74) is 2.10. The van der Waals surface area contributed by atoms with Gasteiger partial charge >= 0.3 is 0 Å². The predicted octanol–water partition coefficient (Wildman–Crippen LogP) is 3.15. The number of rotatable bonds is 4. The molecule has 1 aliphatic carbocycles. The molecule has 2 unspecified atom stereocenters. The zero-order chi connectivity index (χ0) is 11.7. The lowest BCUT2D eigenvalue weighted by molar-refractivity contribution is 0.416. The number of hydrogen-bond acceptors (Lipinski definition) is 2. The fraction of sp³-hybridized carbons (Fsp3) is 0.571. The lowest BCUT2D eigenvalue weighted by Crippen LogP contribution is -2.30. The number of nitrogens with one attached hydrogen (secondary N) is 1. The molecule has 2 heteroatoms. The Kier molecular flexibility index (Phi) is 3.20. The standard InChI is InChI=1S/C14H21NO/c1-9-4-7-13(14(16)8-9)11(3)15-10(2)12-5-6-12/h4,7-8,10-12,15-16H,5-6H2,1-3H3. The molecule has 2 N–H and O–H groups in total. The van der Waals surface area contributed by atoms with Crippen molar-refractivity contribution in [2.45, 2.75) is 45.7 Å². The van der Waals surface area contributed by atoms with Crippen molar-refractivity contribution < 1.29 is 5.11 Å². The van der Waals surface area contributed by atoms with E-state index < -0.39 is 0 Å². The van der Waals surface area contributed by atoms with Gasteiger partial charge in [0.25, 0.3) is 0 Å². The molecule has 88 valence electrons. The molecule has 2 nitrogen and oxygen atoms in total. The summed E-state index contributed by atoms with van der Waals surface area (Å²) in [6, 6.07) is 6.67. The Bertz CT molecular complexity index is 371. The van der Waals surface area contributed by atoms with Gasteiger partial charge in [0.1, 0.15) is 5.75 Å². The number of phenolic OH excluding ortho intramolecular Hbond substituents is 1. The average molecular weight is 219 g/mol. The van der Waals surface area contributed by atoms with E-state index in [2.05, 4.69) is 25.2 Å². The maximum Gasteiger partial charge on any atom is 0.120 e. The number of aromatic hydroxyl groups is 1. The minimum Gasteiger partial charge on any atom is -0.508 e. The highest BCUT2D eigenvalue weighted by molar-refractivity contribution is 5.37. The molecule has 2 rings (SSSR count). The van der Waals surface area contributed by atoms with Crippen molar-refractivity contribution in [2.75, 3.05) is 0 Å². The molecular formula is C14H21NO. The third-order valence-electron chi connectivity index (χ3n) is 3.49. The number of aryl methyl sites for hydroxylation is 1. The number of phenols is 1. The Hall–Kier alpha value is -1.02. The Balaban J connectivity index is 2.04. The van der Waals surface area contributed by atoms with E-state index in [1.54, 1.807) is 0 Å². The SMILES string of the molecule is Cc1ccc(C(C)NC(C)C2CC2)c(O)c1. The van der Waals surface area contributed by atoms with Gasteiger partial charge in [-0.1, -0.05) is 12.1 Å². The molecule has 0 amide bonds. The van der Waals surface area contributed by atoms with Gasteiger partial charge in [-0.2, -0.15) is 0 Å². The normalized spacial score (nSPS) is 19.4. The molecule has 0 radical (unpaired) electrons. The van der Waals surface area contributed by atoms with Gasteiger partial charge in [-0.3, -0.25) is 0 Å². The van der Waals surface area contributed by atoms with Crippen LogP contribution in [0.4, 0.5) is 0 Å². The molecule has 0 spiro atoms. The number of hydrogen-bond donors (Lipinski definition) is 2. The van der Waals surface area contributed by atoms with Crippen LogP contribution in [0, 0.1) is 12.8 Å². The highest BCUT2D eigenvalue weighted by atomic mass is 16.3. The van der Waals surface area contributed by atoms with Crippen LogP contribution in [0.5, 0.6) is 5.75 Å². The van der Waals surface area contributed by atoms with Crippen molar-refractivity contribution in [3.63, 3.8) is 0 Å².